The highest BCUT2D eigenvalue weighted by atomic mass is 32.2. The lowest BCUT2D eigenvalue weighted by atomic mass is 10.2. The van der Waals surface area contributed by atoms with Crippen molar-refractivity contribution in [3.63, 3.8) is 0 Å². The minimum Gasteiger partial charge on any atom is -0.495 e. The minimum absolute atomic E-state index is 0.00338. The molecule has 1 aliphatic rings. The molecule has 1 aromatic carbocycles. The lowest BCUT2D eigenvalue weighted by molar-refractivity contribution is -0.117. The van der Waals surface area contributed by atoms with E-state index in [9.17, 15) is 13.2 Å². The standard InChI is InChI=1S/C18H27N3O5S/c1-14(13-21-8-10-26-11-9-21)20-18(22)7-5-15-4-6-16(25-3)17(12-15)27(23,24)19-2/h4-7,12,14,19H,8-11,13H2,1-3H3,(H,20,22)/b7-5+. The van der Waals surface area contributed by atoms with E-state index in [1.54, 1.807) is 18.2 Å². The Kier molecular flexibility index (Phi) is 7.78. The molecule has 0 aromatic heterocycles. The van der Waals surface area contributed by atoms with Crippen molar-refractivity contribution in [1.82, 2.24) is 14.9 Å². The van der Waals surface area contributed by atoms with Crippen LogP contribution in [-0.4, -0.2) is 72.3 Å². The van der Waals surface area contributed by atoms with Gasteiger partial charge in [-0.1, -0.05) is 6.07 Å². The number of nitrogens with zero attached hydrogens (tertiary/aromatic N) is 1. The number of carbonyl (C=O) groups excluding carboxylic acids is 1. The molecule has 0 bridgehead atoms. The van der Waals surface area contributed by atoms with Gasteiger partial charge in [-0.15, -0.1) is 0 Å². The summed E-state index contributed by atoms with van der Waals surface area (Å²) in [4.78, 5) is 14.4. The molecule has 0 spiro atoms. The quantitative estimate of drug-likeness (QED) is 0.619. The average molecular weight is 397 g/mol. The summed E-state index contributed by atoms with van der Waals surface area (Å²) in [7, 11) is -0.923. The fourth-order valence-electron chi connectivity index (χ4n) is 2.80. The van der Waals surface area contributed by atoms with Gasteiger partial charge in [-0.05, 0) is 37.7 Å². The third-order valence-corrected chi connectivity index (χ3v) is 5.63. The maximum atomic E-state index is 12.1. The van der Waals surface area contributed by atoms with E-state index in [-0.39, 0.29) is 22.6 Å². The highest BCUT2D eigenvalue weighted by Gasteiger charge is 2.18. The lowest BCUT2D eigenvalue weighted by Gasteiger charge is -2.29. The van der Waals surface area contributed by atoms with Gasteiger partial charge in [-0.2, -0.15) is 0 Å². The van der Waals surface area contributed by atoms with Crippen molar-refractivity contribution in [2.75, 3.05) is 47.0 Å². The molecule has 2 rings (SSSR count). The molecule has 0 aliphatic carbocycles. The Labute approximate surface area is 160 Å². The lowest BCUT2D eigenvalue weighted by Crippen LogP contribution is -2.45. The number of amides is 1. The molecular weight excluding hydrogens is 370 g/mol. The Balaban J connectivity index is 1.99. The summed E-state index contributed by atoms with van der Waals surface area (Å²) < 4.78 is 36.9. The Morgan fingerprint density at radius 2 is 2.07 bits per heavy atom. The monoisotopic (exact) mass is 397 g/mol. The van der Waals surface area contributed by atoms with E-state index >= 15 is 0 Å². The topological polar surface area (TPSA) is 97.0 Å². The number of morpholine rings is 1. The molecule has 9 heteroatoms. The van der Waals surface area contributed by atoms with Crippen molar-refractivity contribution in [3.8, 4) is 5.75 Å². The second-order valence-electron chi connectivity index (χ2n) is 6.27. The largest absolute Gasteiger partial charge is 0.495 e. The van der Waals surface area contributed by atoms with Crippen molar-refractivity contribution < 1.29 is 22.7 Å². The van der Waals surface area contributed by atoms with Crippen LogP contribution in [-0.2, 0) is 19.6 Å². The van der Waals surface area contributed by atoms with Crippen LogP contribution < -0.4 is 14.8 Å². The van der Waals surface area contributed by atoms with E-state index in [4.69, 9.17) is 9.47 Å². The molecule has 1 aromatic rings. The zero-order chi connectivity index (χ0) is 19.9. The molecule has 27 heavy (non-hydrogen) atoms. The maximum absolute atomic E-state index is 12.1. The molecule has 1 atom stereocenters. The predicted molar refractivity (Wildman–Crippen MR) is 103 cm³/mol. The number of hydrogen-bond donors (Lipinski definition) is 2. The van der Waals surface area contributed by atoms with E-state index in [2.05, 4.69) is 14.9 Å². The summed E-state index contributed by atoms with van der Waals surface area (Å²) >= 11 is 0. The number of methoxy groups -OCH3 is 1. The van der Waals surface area contributed by atoms with Gasteiger partial charge in [-0.3, -0.25) is 9.69 Å². The highest BCUT2D eigenvalue weighted by Crippen LogP contribution is 2.25. The van der Waals surface area contributed by atoms with Gasteiger partial charge >= 0.3 is 0 Å². The number of hydrogen-bond acceptors (Lipinski definition) is 6. The van der Waals surface area contributed by atoms with Crippen molar-refractivity contribution in [2.24, 2.45) is 0 Å². The summed E-state index contributed by atoms with van der Waals surface area (Å²) in [6, 6.07) is 4.71. The van der Waals surface area contributed by atoms with Crippen LogP contribution in [0.4, 0.5) is 0 Å². The predicted octanol–water partition coefficient (Wildman–Crippen LogP) is 0.453. The third-order valence-electron chi connectivity index (χ3n) is 4.20. The van der Waals surface area contributed by atoms with Gasteiger partial charge in [0.25, 0.3) is 0 Å². The molecular formula is C18H27N3O5S. The molecule has 1 heterocycles. The van der Waals surface area contributed by atoms with Gasteiger partial charge in [0, 0.05) is 31.8 Å². The normalized spacial score (nSPS) is 17.0. The molecule has 1 unspecified atom stereocenters. The smallest absolute Gasteiger partial charge is 0.244 e. The molecule has 1 fully saturated rings. The minimum atomic E-state index is -3.66. The van der Waals surface area contributed by atoms with Gasteiger partial charge in [0.2, 0.25) is 15.9 Å². The molecule has 0 radical (unpaired) electrons. The number of sulfonamides is 1. The fraction of sp³-hybridized carbons (Fsp3) is 0.500. The SMILES string of the molecule is CNS(=O)(=O)c1cc(/C=C/C(=O)NC(C)CN2CCOCC2)ccc1OC. The maximum Gasteiger partial charge on any atom is 0.244 e. The average Bonchev–Trinajstić information content (AvgIpc) is 2.66. The van der Waals surface area contributed by atoms with E-state index in [1.165, 1.54) is 26.3 Å². The molecule has 2 N–H and O–H groups in total. The van der Waals surface area contributed by atoms with Crippen LogP contribution in [0.2, 0.25) is 0 Å². The van der Waals surface area contributed by atoms with Crippen LogP contribution in [0.1, 0.15) is 12.5 Å². The Morgan fingerprint density at radius 3 is 2.70 bits per heavy atom. The number of rotatable bonds is 8. The second kappa shape index (κ2) is 9.84. The number of nitrogens with one attached hydrogen (secondary N) is 2. The number of carbonyl (C=O) groups is 1. The molecule has 1 saturated heterocycles. The van der Waals surface area contributed by atoms with Gasteiger partial charge < -0.3 is 14.8 Å². The fourth-order valence-corrected chi connectivity index (χ4v) is 3.72. The Morgan fingerprint density at radius 1 is 1.37 bits per heavy atom. The number of benzene rings is 1. The first kappa shape index (κ1) is 21.4. The van der Waals surface area contributed by atoms with Crippen molar-refractivity contribution in [3.05, 3.63) is 29.8 Å². The van der Waals surface area contributed by atoms with Crippen molar-refractivity contribution in [2.45, 2.75) is 17.9 Å². The van der Waals surface area contributed by atoms with Crippen molar-refractivity contribution >= 4 is 22.0 Å². The van der Waals surface area contributed by atoms with Crippen LogP contribution in [0, 0.1) is 0 Å². The zero-order valence-corrected chi connectivity index (χ0v) is 16.7. The van der Waals surface area contributed by atoms with Crippen LogP contribution in [0.15, 0.2) is 29.2 Å². The molecule has 150 valence electrons. The first-order valence-electron chi connectivity index (χ1n) is 8.76. The summed E-state index contributed by atoms with van der Waals surface area (Å²) in [5, 5.41) is 2.91. The van der Waals surface area contributed by atoms with E-state index in [1.807, 2.05) is 6.92 Å². The van der Waals surface area contributed by atoms with Gasteiger partial charge in [0.05, 0.1) is 20.3 Å². The van der Waals surface area contributed by atoms with Gasteiger partial charge in [0.1, 0.15) is 10.6 Å². The summed E-state index contributed by atoms with van der Waals surface area (Å²) in [5.41, 5.74) is 0.584. The first-order valence-corrected chi connectivity index (χ1v) is 10.2. The van der Waals surface area contributed by atoms with E-state index in [0.717, 1.165) is 32.8 Å². The van der Waals surface area contributed by atoms with E-state index < -0.39 is 10.0 Å². The highest BCUT2D eigenvalue weighted by molar-refractivity contribution is 7.89. The molecule has 1 amide bonds. The molecule has 8 nitrogen and oxygen atoms in total. The van der Waals surface area contributed by atoms with Crippen LogP contribution in [0.5, 0.6) is 5.75 Å². The van der Waals surface area contributed by atoms with Gasteiger partial charge in [0.15, 0.2) is 0 Å². The third kappa shape index (κ3) is 6.31. The van der Waals surface area contributed by atoms with Crippen LogP contribution in [0.3, 0.4) is 0 Å². The summed E-state index contributed by atoms with van der Waals surface area (Å²) in [5.74, 6) is 0.00897. The Hall–Kier alpha value is -1.94. The zero-order valence-electron chi connectivity index (χ0n) is 15.9. The molecule has 1 aliphatic heterocycles. The molecule has 0 saturated carbocycles. The number of ether oxygens (including phenoxy) is 2. The van der Waals surface area contributed by atoms with Crippen molar-refractivity contribution in [1.29, 1.82) is 0 Å². The Bertz CT molecular complexity index is 773. The van der Waals surface area contributed by atoms with Gasteiger partial charge in [-0.25, -0.2) is 13.1 Å². The summed E-state index contributed by atoms with van der Waals surface area (Å²) in [6.07, 6.45) is 2.97. The van der Waals surface area contributed by atoms with E-state index in [0.29, 0.717) is 5.56 Å². The van der Waals surface area contributed by atoms with Crippen LogP contribution in [0.25, 0.3) is 6.08 Å². The first-order chi connectivity index (χ1) is 12.9. The second-order valence-corrected chi connectivity index (χ2v) is 8.13. The summed E-state index contributed by atoms with van der Waals surface area (Å²) in [6.45, 7) is 5.88. The van der Waals surface area contributed by atoms with Crippen LogP contribution >= 0.6 is 0 Å².